The van der Waals surface area contributed by atoms with Crippen molar-refractivity contribution in [3.05, 3.63) is 60.8 Å². The van der Waals surface area contributed by atoms with Crippen LogP contribution in [-0.4, -0.2) is 37.2 Å². The Morgan fingerprint density at radius 3 is 1.08 bits per heavy atom. The molecule has 0 aromatic carbocycles. The molecule has 1 atom stereocenters. The van der Waals surface area contributed by atoms with Crippen LogP contribution in [0.4, 0.5) is 0 Å². The number of unbranched alkanes of at least 4 members (excludes halogenated alkanes) is 24. The number of carbonyl (C=O) groups excluding carboxylic acids is 3. The van der Waals surface area contributed by atoms with Crippen LogP contribution in [-0.2, 0) is 28.6 Å². The van der Waals surface area contributed by atoms with Crippen LogP contribution in [0.25, 0.3) is 0 Å². The van der Waals surface area contributed by atoms with Gasteiger partial charge in [0.15, 0.2) is 6.10 Å². The molecule has 0 fully saturated rings. The van der Waals surface area contributed by atoms with E-state index in [1.807, 2.05) is 0 Å². The molecule has 0 bridgehead atoms. The first kappa shape index (κ1) is 57.1. The molecule has 0 aliphatic heterocycles. The molecule has 0 spiro atoms. The third kappa shape index (κ3) is 46.2. The molecule has 0 saturated heterocycles. The van der Waals surface area contributed by atoms with Gasteiger partial charge in [-0.25, -0.2) is 0 Å². The van der Waals surface area contributed by atoms with Crippen molar-refractivity contribution in [3.63, 3.8) is 0 Å². The largest absolute Gasteiger partial charge is 0.462 e. The predicted octanol–water partition coefficient (Wildman–Crippen LogP) is 16.5. The fourth-order valence-electron chi connectivity index (χ4n) is 7.03. The van der Waals surface area contributed by atoms with Gasteiger partial charge in [0.1, 0.15) is 13.2 Å². The first-order valence-electron chi connectivity index (χ1n) is 25.3. The number of allylic oxidation sites excluding steroid dienone is 10. The molecule has 6 nitrogen and oxygen atoms in total. The van der Waals surface area contributed by atoms with E-state index in [0.29, 0.717) is 19.3 Å². The van der Waals surface area contributed by atoms with Gasteiger partial charge in [0.2, 0.25) is 0 Å². The maximum absolute atomic E-state index is 12.7. The van der Waals surface area contributed by atoms with Crippen LogP contribution in [0.3, 0.4) is 0 Å². The van der Waals surface area contributed by atoms with E-state index in [-0.39, 0.29) is 37.5 Å². The maximum atomic E-state index is 12.7. The summed E-state index contributed by atoms with van der Waals surface area (Å²) in [6.45, 7) is 6.36. The van der Waals surface area contributed by atoms with Crippen LogP contribution in [0.2, 0.25) is 0 Å². The molecule has 0 saturated carbocycles. The highest BCUT2D eigenvalue weighted by Gasteiger charge is 2.19. The zero-order valence-electron chi connectivity index (χ0n) is 39.5. The maximum Gasteiger partial charge on any atom is 0.306 e. The molecule has 6 heteroatoms. The number of ether oxygens (including phenoxy) is 3. The molecule has 60 heavy (non-hydrogen) atoms. The molecular formula is C54H94O6. The van der Waals surface area contributed by atoms with Crippen LogP contribution < -0.4 is 0 Å². The molecular weight excluding hydrogens is 745 g/mol. The Balaban J connectivity index is 4.33. The summed E-state index contributed by atoms with van der Waals surface area (Å²) in [5.74, 6) is -0.963. The summed E-state index contributed by atoms with van der Waals surface area (Å²) in [7, 11) is 0. The average Bonchev–Trinajstić information content (AvgIpc) is 3.24. The number of carbonyl (C=O) groups is 3. The van der Waals surface area contributed by atoms with Crippen molar-refractivity contribution in [2.45, 2.75) is 252 Å². The lowest BCUT2D eigenvalue weighted by molar-refractivity contribution is -0.167. The van der Waals surface area contributed by atoms with Crippen LogP contribution in [0, 0.1) is 0 Å². The summed E-state index contributed by atoms with van der Waals surface area (Å²) in [6, 6.07) is 0. The minimum Gasteiger partial charge on any atom is -0.462 e. The fourth-order valence-corrected chi connectivity index (χ4v) is 7.03. The highest BCUT2D eigenvalue weighted by molar-refractivity contribution is 5.71. The van der Waals surface area contributed by atoms with Crippen molar-refractivity contribution in [1.82, 2.24) is 0 Å². The van der Waals surface area contributed by atoms with Gasteiger partial charge in [0.25, 0.3) is 0 Å². The third-order valence-corrected chi connectivity index (χ3v) is 10.8. The third-order valence-electron chi connectivity index (χ3n) is 10.8. The van der Waals surface area contributed by atoms with Gasteiger partial charge in [-0.05, 0) is 70.6 Å². The summed E-state index contributed by atoms with van der Waals surface area (Å²) >= 11 is 0. The SMILES string of the molecule is CC/C=C\C/C=C\C/C=C\CCCC(=O)OCC(COC(=O)CCCCCCCCCCCCCCCCCCCCC)OC(=O)CCCCCCC/C=C\C/C=C\CC. The molecule has 0 N–H and O–H groups in total. The van der Waals surface area contributed by atoms with Gasteiger partial charge in [-0.3, -0.25) is 14.4 Å². The lowest BCUT2D eigenvalue weighted by atomic mass is 10.0. The van der Waals surface area contributed by atoms with Crippen molar-refractivity contribution in [2.75, 3.05) is 13.2 Å². The van der Waals surface area contributed by atoms with E-state index in [0.717, 1.165) is 96.3 Å². The van der Waals surface area contributed by atoms with Gasteiger partial charge in [-0.1, -0.05) is 216 Å². The molecule has 0 amide bonds. The van der Waals surface area contributed by atoms with Gasteiger partial charge in [0.05, 0.1) is 0 Å². The molecule has 346 valence electrons. The van der Waals surface area contributed by atoms with Crippen molar-refractivity contribution in [2.24, 2.45) is 0 Å². The zero-order valence-corrected chi connectivity index (χ0v) is 39.5. The summed E-state index contributed by atoms with van der Waals surface area (Å²) in [4.78, 5) is 37.8. The Labute approximate surface area is 370 Å². The fraction of sp³-hybridized carbons (Fsp3) is 0.759. The number of hydrogen-bond acceptors (Lipinski definition) is 6. The van der Waals surface area contributed by atoms with Crippen molar-refractivity contribution in [3.8, 4) is 0 Å². The number of rotatable bonds is 45. The standard InChI is InChI=1S/C54H94O6/c1-4-7-10-13-16-19-22-24-25-26-27-28-29-30-33-35-38-41-44-47-53(56)59-50-51(49-58-52(55)46-43-40-37-34-31-21-18-15-12-9-6-3)60-54(57)48-45-42-39-36-32-23-20-17-14-11-8-5-2/h8-9,11-12,17-18,20-21,34,37,51H,4-7,10,13-16,19,22-33,35-36,38-50H2,1-3H3/b11-8-,12-9-,20-17-,21-18-,37-34-. The Hall–Kier alpha value is -2.89. The molecule has 0 aliphatic rings. The smallest absolute Gasteiger partial charge is 0.306 e. The van der Waals surface area contributed by atoms with Crippen LogP contribution in [0.15, 0.2) is 60.8 Å². The van der Waals surface area contributed by atoms with Gasteiger partial charge in [0, 0.05) is 19.3 Å². The highest BCUT2D eigenvalue weighted by Crippen LogP contribution is 2.16. The molecule has 0 aliphatic carbocycles. The van der Waals surface area contributed by atoms with E-state index < -0.39 is 6.10 Å². The molecule has 0 heterocycles. The van der Waals surface area contributed by atoms with Crippen molar-refractivity contribution < 1.29 is 28.6 Å². The van der Waals surface area contributed by atoms with Crippen LogP contribution in [0.1, 0.15) is 245 Å². The number of esters is 3. The lowest BCUT2D eigenvalue weighted by Gasteiger charge is -2.18. The van der Waals surface area contributed by atoms with E-state index in [4.69, 9.17) is 14.2 Å². The second kappa shape index (κ2) is 48.8. The second-order valence-electron chi connectivity index (χ2n) is 16.7. The normalized spacial score (nSPS) is 12.5. The molecule has 0 aromatic rings. The Morgan fingerprint density at radius 2 is 0.667 bits per heavy atom. The lowest BCUT2D eigenvalue weighted by Crippen LogP contribution is -2.30. The summed E-state index contributed by atoms with van der Waals surface area (Å²) < 4.78 is 16.7. The van der Waals surface area contributed by atoms with Crippen molar-refractivity contribution in [1.29, 1.82) is 0 Å². The molecule has 1 unspecified atom stereocenters. The molecule has 0 aromatic heterocycles. The van der Waals surface area contributed by atoms with E-state index in [2.05, 4.69) is 81.5 Å². The summed E-state index contributed by atoms with van der Waals surface area (Å²) in [5, 5.41) is 0. The van der Waals surface area contributed by atoms with Gasteiger partial charge in [-0.15, -0.1) is 0 Å². The summed E-state index contributed by atoms with van der Waals surface area (Å²) in [5.41, 5.74) is 0. The monoisotopic (exact) mass is 839 g/mol. The van der Waals surface area contributed by atoms with Gasteiger partial charge >= 0.3 is 17.9 Å². The second-order valence-corrected chi connectivity index (χ2v) is 16.7. The minimum atomic E-state index is -0.798. The molecule has 0 radical (unpaired) electrons. The molecule has 0 rings (SSSR count). The Kier molecular flexibility index (Phi) is 46.4. The average molecular weight is 839 g/mol. The topological polar surface area (TPSA) is 78.9 Å². The highest BCUT2D eigenvalue weighted by atomic mass is 16.6. The van der Waals surface area contributed by atoms with E-state index in [1.165, 1.54) is 103 Å². The van der Waals surface area contributed by atoms with Crippen LogP contribution >= 0.6 is 0 Å². The number of hydrogen-bond donors (Lipinski definition) is 0. The first-order chi connectivity index (χ1) is 29.5. The van der Waals surface area contributed by atoms with Crippen LogP contribution in [0.5, 0.6) is 0 Å². The van der Waals surface area contributed by atoms with E-state index in [1.54, 1.807) is 0 Å². The zero-order chi connectivity index (χ0) is 43.7. The van der Waals surface area contributed by atoms with Gasteiger partial charge < -0.3 is 14.2 Å². The summed E-state index contributed by atoms with van der Waals surface area (Å²) in [6.07, 6.45) is 59.4. The Bertz CT molecular complexity index is 1100. The minimum absolute atomic E-state index is 0.0940. The van der Waals surface area contributed by atoms with E-state index >= 15 is 0 Å². The predicted molar refractivity (Wildman–Crippen MR) is 256 cm³/mol. The quantitative estimate of drug-likeness (QED) is 0.0263. The Morgan fingerprint density at radius 1 is 0.350 bits per heavy atom. The van der Waals surface area contributed by atoms with E-state index in [9.17, 15) is 14.4 Å². The first-order valence-corrected chi connectivity index (χ1v) is 25.3. The van der Waals surface area contributed by atoms with Gasteiger partial charge in [-0.2, -0.15) is 0 Å². The van der Waals surface area contributed by atoms with Crippen molar-refractivity contribution >= 4 is 17.9 Å².